The smallest absolute Gasteiger partial charge is 0.0587 e. The summed E-state index contributed by atoms with van der Waals surface area (Å²) in [6.45, 7) is 4.94. The van der Waals surface area contributed by atoms with Gasteiger partial charge >= 0.3 is 0 Å². The number of hydrogen-bond donors (Lipinski definition) is 1. The molecule has 0 bridgehead atoms. The zero-order valence-corrected chi connectivity index (χ0v) is 11.6. The summed E-state index contributed by atoms with van der Waals surface area (Å²) in [5.41, 5.74) is 1.32. The van der Waals surface area contributed by atoms with Gasteiger partial charge in [0.1, 0.15) is 0 Å². The van der Waals surface area contributed by atoms with E-state index in [-0.39, 0.29) is 0 Å². The van der Waals surface area contributed by atoms with E-state index in [1.54, 1.807) is 7.11 Å². The molecule has 1 heterocycles. The van der Waals surface area contributed by atoms with Crippen LogP contribution in [-0.2, 0) is 11.2 Å². The second kappa shape index (κ2) is 10.00. The highest BCUT2D eigenvalue weighted by atomic mass is 16.5. The van der Waals surface area contributed by atoms with Crippen LogP contribution in [0.3, 0.4) is 0 Å². The zero-order chi connectivity index (χ0) is 13.1. The number of methoxy groups -OCH3 is 1. The van der Waals surface area contributed by atoms with E-state index in [0.717, 1.165) is 39.2 Å². The molecular weight excluding hydrogens is 226 g/mol. The number of pyridine rings is 1. The van der Waals surface area contributed by atoms with Gasteiger partial charge < -0.3 is 15.0 Å². The average molecular weight is 251 g/mol. The number of nitrogens with zero attached hydrogens (tertiary/aromatic N) is 2. The lowest BCUT2D eigenvalue weighted by Gasteiger charge is -2.16. The van der Waals surface area contributed by atoms with Crippen molar-refractivity contribution in [3.05, 3.63) is 30.1 Å². The maximum Gasteiger partial charge on any atom is 0.0587 e. The Morgan fingerprint density at radius 2 is 2.22 bits per heavy atom. The Hall–Kier alpha value is -0.970. The number of aromatic nitrogens is 1. The summed E-state index contributed by atoms with van der Waals surface area (Å²) in [5, 5.41) is 3.35. The topological polar surface area (TPSA) is 37.4 Å². The van der Waals surface area contributed by atoms with E-state index in [1.165, 1.54) is 12.0 Å². The van der Waals surface area contributed by atoms with E-state index in [1.807, 2.05) is 18.5 Å². The maximum absolute atomic E-state index is 4.98. The molecule has 0 saturated heterocycles. The van der Waals surface area contributed by atoms with E-state index >= 15 is 0 Å². The van der Waals surface area contributed by atoms with Gasteiger partial charge in [0.15, 0.2) is 0 Å². The van der Waals surface area contributed by atoms with Crippen molar-refractivity contribution in [1.82, 2.24) is 15.2 Å². The fourth-order valence-electron chi connectivity index (χ4n) is 1.78. The minimum Gasteiger partial charge on any atom is -0.383 e. The summed E-state index contributed by atoms with van der Waals surface area (Å²) in [6, 6.07) is 4.14. The second-order valence-corrected chi connectivity index (χ2v) is 4.51. The molecule has 102 valence electrons. The van der Waals surface area contributed by atoms with Crippen LogP contribution in [0.5, 0.6) is 0 Å². The van der Waals surface area contributed by atoms with Gasteiger partial charge in [0.25, 0.3) is 0 Å². The highest BCUT2D eigenvalue weighted by molar-refractivity contribution is 5.08. The van der Waals surface area contributed by atoms with Gasteiger partial charge in [-0.3, -0.25) is 4.98 Å². The van der Waals surface area contributed by atoms with E-state index in [9.17, 15) is 0 Å². The molecule has 1 N–H and O–H groups in total. The van der Waals surface area contributed by atoms with E-state index in [0.29, 0.717) is 0 Å². The van der Waals surface area contributed by atoms with Crippen molar-refractivity contribution in [2.45, 2.75) is 12.8 Å². The summed E-state index contributed by atoms with van der Waals surface area (Å²) in [6.07, 6.45) is 6.06. The minimum atomic E-state index is 0.782. The minimum absolute atomic E-state index is 0.782. The van der Waals surface area contributed by atoms with Crippen molar-refractivity contribution in [2.24, 2.45) is 0 Å². The fraction of sp³-hybridized carbons (Fsp3) is 0.643. The van der Waals surface area contributed by atoms with Crippen LogP contribution >= 0.6 is 0 Å². The average Bonchev–Trinajstić information content (AvgIpc) is 2.40. The number of hydrogen-bond acceptors (Lipinski definition) is 4. The Morgan fingerprint density at radius 3 is 2.94 bits per heavy atom. The fourth-order valence-corrected chi connectivity index (χ4v) is 1.78. The van der Waals surface area contributed by atoms with Crippen LogP contribution in [0.2, 0.25) is 0 Å². The first kappa shape index (κ1) is 15.1. The molecule has 0 spiro atoms. The van der Waals surface area contributed by atoms with Gasteiger partial charge in [-0.05, 0) is 38.1 Å². The highest BCUT2D eigenvalue weighted by Gasteiger charge is 1.98. The molecule has 1 aromatic rings. The molecular formula is C14H25N3O. The van der Waals surface area contributed by atoms with Crippen molar-refractivity contribution >= 4 is 0 Å². The molecule has 0 atom stereocenters. The van der Waals surface area contributed by atoms with Gasteiger partial charge in [-0.1, -0.05) is 6.07 Å². The molecule has 0 aromatic carbocycles. The van der Waals surface area contributed by atoms with E-state index in [2.05, 4.69) is 28.3 Å². The summed E-state index contributed by atoms with van der Waals surface area (Å²) < 4.78 is 4.98. The van der Waals surface area contributed by atoms with Gasteiger partial charge in [-0.25, -0.2) is 0 Å². The van der Waals surface area contributed by atoms with Gasteiger partial charge in [-0.15, -0.1) is 0 Å². The predicted molar refractivity (Wildman–Crippen MR) is 74.8 cm³/mol. The second-order valence-electron chi connectivity index (χ2n) is 4.51. The Kier molecular flexibility index (Phi) is 8.38. The molecule has 0 radical (unpaired) electrons. The van der Waals surface area contributed by atoms with Gasteiger partial charge in [0, 0.05) is 39.1 Å². The molecule has 0 aliphatic rings. The largest absolute Gasteiger partial charge is 0.383 e. The molecule has 1 aromatic heterocycles. The third kappa shape index (κ3) is 7.37. The SMILES string of the molecule is COCCNCCN(C)CCCc1cccnc1. The number of rotatable bonds is 10. The number of ether oxygens (including phenoxy) is 1. The summed E-state index contributed by atoms with van der Waals surface area (Å²) in [7, 11) is 3.90. The van der Waals surface area contributed by atoms with Crippen molar-refractivity contribution < 1.29 is 4.74 Å². The number of nitrogens with one attached hydrogen (secondary N) is 1. The number of likely N-dealkylation sites (N-methyl/N-ethyl adjacent to an activating group) is 1. The normalized spacial score (nSPS) is 11.1. The maximum atomic E-state index is 4.98. The predicted octanol–water partition coefficient (Wildman–Crippen LogP) is 1.18. The summed E-state index contributed by atoms with van der Waals surface area (Å²) in [5.74, 6) is 0. The molecule has 0 fully saturated rings. The lowest BCUT2D eigenvalue weighted by Crippen LogP contribution is -2.31. The Morgan fingerprint density at radius 1 is 1.33 bits per heavy atom. The third-order valence-electron chi connectivity index (χ3n) is 2.88. The lowest BCUT2D eigenvalue weighted by atomic mass is 10.1. The molecule has 0 unspecified atom stereocenters. The van der Waals surface area contributed by atoms with Crippen molar-refractivity contribution in [3.63, 3.8) is 0 Å². The Labute approximate surface area is 110 Å². The number of aryl methyl sites for hydroxylation is 1. The van der Waals surface area contributed by atoms with E-state index < -0.39 is 0 Å². The molecule has 0 aliphatic carbocycles. The van der Waals surface area contributed by atoms with Gasteiger partial charge in [0.05, 0.1) is 6.61 Å². The first-order chi connectivity index (χ1) is 8.83. The third-order valence-corrected chi connectivity index (χ3v) is 2.88. The van der Waals surface area contributed by atoms with Crippen molar-refractivity contribution in [1.29, 1.82) is 0 Å². The summed E-state index contributed by atoms with van der Waals surface area (Å²) >= 11 is 0. The molecule has 4 heteroatoms. The quantitative estimate of drug-likeness (QED) is 0.634. The van der Waals surface area contributed by atoms with E-state index in [4.69, 9.17) is 4.74 Å². The molecule has 0 aliphatic heterocycles. The first-order valence-electron chi connectivity index (χ1n) is 6.60. The Bertz CT molecular complexity index is 292. The van der Waals surface area contributed by atoms with Crippen LogP contribution < -0.4 is 5.32 Å². The van der Waals surface area contributed by atoms with Crippen LogP contribution in [0.4, 0.5) is 0 Å². The monoisotopic (exact) mass is 251 g/mol. The van der Waals surface area contributed by atoms with Gasteiger partial charge in [0.2, 0.25) is 0 Å². The van der Waals surface area contributed by atoms with Crippen LogP contribution in [0.1, 0.15) is 12.0 Å². The van der Waals surface area contributed by atoms with Crippen molar-refractivity contribution in [2.75, 3.05) is 46.9 Å². The lowest BCUT2D eigenvalue weighted by molar-refractivity contribution is 0.198. The molecule has 1 rings (SSSR count). The van der Waals surface area contributed by atoms with Crippen LogP contribution in [0.15, 0.2) is 24.5 Å². The zero-order valence-electron chi connectivity index (χ0n) is 11.6. The molecule has 0 amide bonds. The standard InChI is InChI=1S/C14H25N3O/c1-17(11-8-15-9-12-18-2)10-4-6-14-5-3-7-16-13-14/h3,5,7,13,15H,4,6,8-12H2,1-2H3. The van der Waals surface area contributed by atoms with Crippen molar-refractivity contribution in [3.8, 4) is 0 Å². The van der Waals surface area contributed by atoms with Crippen LogP contribution in [-0.4, -0.2) is 56.8 Å². The first-order valence-corrected chi connectivity index (χ1v) is 6.60. The molecule has 4 nitrogen and oxygen atoms in total. The summed E-state index contributed by atoms with van der Waals surface area (Å²) in [4.78, 5) is 6.48. The van der Waals surface area contributed by atoms with Gasteiger partial charge in [-0.2, -0.15) is 0 Å². The molecule has 18 heavy (non-hydrogen) atoms. The Balaban J connectivity index is 1.98. The van der Waals surface area contributed by atoms with Crippen LogP contribution in [0.25, 0.3) is 0 Å². The van der Waals surface area contributed by atoms with Crippen LogP contribution in [0, 0.1) is 0 Å². The molecule has 0 saturated carbocycles. The highest BCUT2D eigenvalue weighted by Crippen LogP contribution is 2.00.